The fourth-order valence-corrected chi connectivity index (χ4v) is 2.77. The third-order valence-electron chi connectivity index (χ3n) is 4.50. The molecule has 40 heavy (non-hydrogen) atoms. The monoisotopic (exact) mass is 660 g/mol. The van der Waals surface area contributed by atoms with E-state index in [1.165, 1.54) is 0 Å². The predicted octanol–water partition coefficient (Wildman–Crippen LogP) is 5.64. The maximum atomic E-state index is 13.7. The molecule has 0 amide bonds. The van der Waals surface area contributed by atoms with E-state index in [4.69, 9.17) is 10.2 Å². The number of alkyl halides is 19. The molecule has 0 radical (unpaired) electrons. The van der Waals surface area contributed by atoms with E-state index in [1.54, 1.807) is 0 Å². The highest BCUT2D eigenvalue weighted by molar-refractivity contribution is 8.26. The molecule has 0 aliphatic rings. The Labute approximate surface area is 209 Å². The molecule has 0 aromatic carbocycles. The van der Waals surface area contributed by atoms with Crippen LogP contribution in [0.15, 0.2) is 0 Å². The van der Waals surface area contributed by atoms with Gasteiger partial charge in [0.1, 0.15) is 0 Å². The normalized spacial score (nSPS) is 16.1. The molecule has 25 heteroatoms. The standard InChI is InChI=1S/C15H7F19O5S/c16-7(17,2-1-3(35)40-6(39)4(36)5(37)38)8(18,19)9(20,21)10(22,23)11(24,25)12(26,27)13(28,29)14(30,31)15(32,33)34/h4,36H,1-2H2,(H,37,38). The average molecular weight is 660 g/mol. The van der Waals surface area contributed by atoms with Crippen molar-refractivity contribution in [2.75, 3.05) is 0 Å². The molecule has 0 heterocycles. The smallest absolute Gasteiger partial charge is 0.460 e. The molecule has 0 aromatic heterocycles. The van der Waals surface area contributed by atoms with Crippen molar-refractivity contribution in [3.05, 3.63) is 0 Å². The van der Waals surface area contributed by atoms with Crippen LogP contribution in [0.4, 0.5) is 83.4 Å². The minimum Gasteiger partial charge on any atom is -0.479 e. The van der Waals surface area contributed by atoms with Crippen molar-refractivity contribution in [1.29, 1.82) is 0 Å². The quantitative estimate of drug-likeness (QED) is 0.208. The molecule has 0 rings (SSSR count). The first-order chi connectivity index (χ1) is 17.1. The Hall–Kier alpha value is -2.21. The number of hydrogen-bond acceptors (Lipinski definition) is 5. The zero-order chi connectivity index (χ0) is 32.9. The average Bonchev–Trinajstić information content (AvgIpc) is 2.75. The number of rotatable bonds is 12. The molecule has 1 unspecified atom stereocenters. The number of halogens is 19. The number of carboxylic acids is 1. The summed E-state index contributed by atoms with van der Waals surface area (Å²) in [4.78, 5) is 32.5. The number of aliphatic hydroxyl groups excluding tert-OH is 1. The van der Waals surface area contributed by atoms with Crippen molar-refractivity contribution in [2.45, 2.75) is 72.5 Å². The molecule has 0 saturated heterocycles. The third kappa shape index (κ3) is 5.62. The molecule has 0 aromatic rings. The molecule has 0 spiro atoms. The lowest BCUT2D eigenvalue weighted by Gasteiger charge is -2.43. The fraction of sp³-hybridized carbons (Fsp3) is 0.800. The van der Waals surface area contributed by atoms with Crippen LogP contribution in [0.2, 0.25) is 0 Å². The van der Waals surface area contributed by atoms with Crippen LogP contribution in [0, 0.1) is 0 Å². The Kier molecular flexibility index (Phi) is 9.98. The summed E-state index contributed by atoms with van der Waals surface area (Å²) in [6.45, 7) is 0. The van der Waals surface area contributed by atoms with Gasteiger partial charge in [-0.2, -0.15) is 83.4 Å². The molecular formula is C15H7F19O5S. The van der Waals surface area contributed by atoms with Crippen LogP contribution in [0.25, 0.3) is 0 Å². The van der Waals surface area contributed by atoms with Crippen LogP contribution >= 0.6 is 11.8 Å². The highest BCUT2D eigenvalue weighted by Crippen LogP contribution is 2.65. The van der Waals surface area contributed by atoms with Gasteiger partial charge in [0.25, 0.3) is 0 Å². The van der Waals surface area contributed by atoms with Crippen molar-refractivity contribution >= 4 is 28.0 Å². The van der Waals surface area contributed by atoms with Crippen molar-refractivity contribution in [2.24, 2.45) is 0 Å². The van der Waals surface area contributed by atoms with Crippen LogP contribution in [0.5, 0.6) is 0 Å². The molecule has 5 nitrogen and oxygen atoms in total. The second-order valence-corrected chi connectivity index (χ2v) is 8.32. The lowest BCUT2D eigenvalue weighted by Crippen LogP contribution is -2.75. The van der Waals surface area contributed by atoms with E-state index in [0.717, 1.165) is 0 Å². The highest BCUT2D eigenvalue weighted by Gasteiger charge is 2.96. The second-order valence-electron chi connectivity index (χ2n) is 7.26. The van der Waals surface area contributed by atoms with E-state index >= 15 is 0 Å². The summed E-state index contributed by atoms with van der Waals surface area (Å²) in [5, 5.41) is 12.6. The minimum absolute atomic E-state index is 1.07. The van der Waals surface area contributed by atoms with E-state index in [1.807, 2.05) is 0 Å². The Morgan fingerprint density at radius 2 is 0.850 bits per heavy atom. The molecule has 0 fully saturated rings. The van der Waals surface area contributed by atoms with Crippen LogP contribution in [0.1, 0.15) is 12.8 Å². The van der Waals surface area contributed by atoms with Gasteiger partial charge in [-0.1, -0.05) is 0 Å². The van der Waals surface area contributed by atoms with Crippen LogP contribution < -0.4 is 0 Å². The maximum Gasteiger partial charge on any atom is 0.460 e. The highest BCUT2D eigenvalue weighted by atomic mass is 32.2. The summed E-state index contributed by atoms with van der Waals surface area (Å²) in [6, 6.07) is 0. The van der Waals surface area contributed by atoms with Crippen molar-refractivity contribution in [3.63, 3.8) is 0 Å². The van der Waals surface area contributed by atoms with E-state index < -0.39 is 100 Å². The Balaban J connectivity index is 6.45. The largest absolute Gasteiger partial charge is 0.479 e. The van der Waals surface area contributed by atoms with Gasteiger partial charge in [-0.15, -0.1) is 0 Å². The summed E-state index contributed by atoms with van der Waals surface area (Å²) in [7, 11) is 0. The van der Waals surface area contributed by atoms with Gasteiger partial charge in [-0.25, -0.2) is 4.79 Å². The second kappa shape index (κ2) is 10.6. The molecule has 0 aliphatic heterocycles. The van der Waals surface area contributed by atoms with E-state index in [-0.39, 0.29) is 0 Å². The molecule has 2 N–H and O–H groups in total. The van der Waals surface area contributed by atoms with Gasteiger partial charge < -0.3 is 10.2 Å². The number of aliphatic carboxylic acids is 1. The van der Waals surface area contributed by atoms with Gasteiger partial charge in [0.05, 0.1) is 0 Å². The number of aliphatic hydroxyl groups is 1. The van der Waals surface area contributed by atoms with E-state index in [9.17, 15) is 97.8 Å². The molecule has 0 bridgehead atoms. The Morgan fingerprint density at radius 3 is 1.15 bits per heavy atom. The van der Waals surface area contributed by atoms with E-state index in [2.05, 4.69) is 0 Å². The van der Waals surface area contributed by atoms with Crippen LogP contribution in [0.3, 0.4) is 0 Å². The van der Waals surface area contributed by atoms with Gasteiger partial charge >= 0.3 is 59.5 Å². The maximum absolute atomic E-state index is 13.7. The fourth-order valence-electron chi connectivity index (χ4n) is 2.13. The van der Waals surface area contributed by atoms with Crippen molar-refractivity contribution in [1.82, 2.24) is 0 Å². The first-order valence-electron chi connectivity index (χ1n) is 8.88. The third-order valence-corrected chi connectivity index (χ3v) is 5.35. The number of carbonyl (C=O) groups is 3. The first-order valence-corrected chi connectivity index (χ1v) is 9.69. The number of carboxylic acid groups (broad SMARTS) is 1. The molecule has 236 valence electrons. The number of hydrogen-bond donors (Lipinski definition) is 2. The SMILES string of the molecule is O=C(CCC(F)(F)C(F)(F)C(F)(F)C(F)(F)C(F)(F)C(F)(F)C(F)(F)C(F)(F)C(F)(F)F)SC(=O)C(O)C(=O)O. The summed E-state index contributed by atoms with van der Waals surface area (Å²) < 4.78 is 250. The van der Waals surface area contributed by atoms with Crippen molar-refractivity contribution in [3.8, 4) is 0 Å². The minimum atomic E-state index is -9.08. The summed E-state index contributed by atoms with van der Waals surface area (Å²) in [5.74, 6) is -70.5. The summed E-state index contributed by atoms with van der Waals surface area (Å²) in [6.07, 6.45) is -16.6. The Morgan fingerprint density at radius 1 is 0.550 bits per heavy atom. The van der Waals surface area contributed by atoms with Crippen LogP contribution in [-0.2, 0) is 14.4 Å². The lowest BCUT2D eigenvalue weighted by atomic mass is 9.86. The molecule has 1 atom stereocenters. The van der Waals surface area contributed by atoms with Crippen molar-refractivity contribution < 1.29 is 108 Å². The number of carbonyl (C=O) groups excluding carboxylic acids is 2. The molecular weight excluding hydrogens is 653 g/mol. The molecule has 0 saturated carbocycles. The van der Waals surface area contributed by atoms with Gasteiger partial charge in [0, 0.05) is 12.8 Å². The van der Waals surface area contributed by atoms with Gasteiger partial charge in [-0.05, 0) is 11.8 Å². The summed E-state index contributed by atoms with van der Waals surface area (Å²) in [5.41, 5.74) is 0. The zero-order valence-electron chi connectivity index (χ0n) is 17.7. The van der Waals surface area contributed by atoms with E-state index in [0.29, 0.717) is 0 Å². The first kappa shape index (κ1) is 37.8. The van der Waals surface area contributed by atoms with Gasteiger partial charge in [0.15, 0.2) is 5.12 Å². The summed E-state index contributed by atoms with van der Waals surface area (Å²) >= 11 is -1.07. The number of thioether (sulfide) groups is 1. The molecule has 0 aliphatic carbocycles. The topological polar surface area (TPSA) is 91.7 Å². The van der Waals surface area contributed by atoms with Gasteiger partial charge in [-0.3, -0.25) is 9.59 Å². The predicted molar refractivity (Wildman–Crippen MR) is 86.1 cm³/mol. The van der Waals surface area contributed by atoms with Gasteiger partial charge in [0.2, 0.25) is 11.2 Å². The lowest BCUT2D eigenvalue weighted by molar-refractivity contribution is -0.468. The Bertz CT molecular complexity index is 989. The van der Waals surface area contributed by atoms with Crippen LogP contribution in [-0.4, -0.2) is 86.1 Å². The zero-order valence-corrected chi connectivity index (χ0v) is 18.5.